The Labute approximate surface area is 77.7 Å². The number of nitrogens with one attached hydrogen (secondary N) is 1. The molecule has 1 heterocycles. The highest BCUT2D eigenvalue weighted by Gasteiger charge is 2.11. The minimum atomic E-state index is 0.924. The van der Waals surface area contributed by atoms with Crippen molar-refractivity contribution in [1.82, 2.24) is 10.2 Å². The van der Waals surface area contributed by atoms with Crippen LogP contribution in [0.2, 0.25) is 0 Å². The Hall–Kier alpha value is 0.0400. The Balaban J connectivity index is 2.27. The zero-order valence-corrected chi connectivity index (χ0v) is 8.43. The second-order valence-electron chi connectivity index (χ2n) is 2.43. The summed E-state index contributed by atoms with van der Waals surface area (Å²) in [6.45, 7) is 5.22. The molecule has 1 rings (SSSR count). The largest absolute Gasteiger partial charge is 0.363 e. The van der Waals surface area contributed by atoms with E-state index in [1.807, 2.05) is 11.8 Å². The maximum Gasteiger partial charge on any atom is 0.168 e. The predicted octanol–water partition coefficient (Wildman–Crippen LogP) is 0.930. The molecular formula is C7H14N2S2. The molecule has 0 spiro atoms. The first-order valence-corrected chi connectivity index (χ1v) is 5.51. The SMILES string of the molecule is CCNC(=S)N1CCSCC1. The number of hydrogen-bond acceptors (Lipinski definition) is 2. The van der Waals surface area contributed by atoms with Crippen molar-refractivity contribution in [3.8, 4) is 0 Å². The van der Waals surface area contributed by atoms with Gasteiger partial charge in [0.25, 0.3) is 0 Å². The van der Waals surface area contributed by atoms with E-state index < -0.39 is 0 Å². The minimum Gasteiger partial charge on any atom is -0.363 e. The molecule has 0 amide bonds. The molecule has 1 aliphatic rings. The van der Waals surface area contributed by atoms with Crippen LogP contribution in [0.4, 0.5) is 0 Å². The van der Waals surface area contributed by atoms with E-state index in [-0.39, 0.29) is 0 Å². The van der Waals surface area contributed by atoms with Crippen LogP contribution < -0.4 is 5.32 Å². The van der Waals surface area contributed by atoms with Crippen LogP contribution in [0.15, 0.2) is 0 Å². The van der Waals surface area contributed by atoms with E-state index in [0.717, 1.165) is 24.7 Å². The molecule has 0 radical (unpaired) electrons. The molecule has 1 fully saturated rings. The normalized spacial score (nSPS) is 18.1. The molecule has 0 aromatic heterocycles. The molecular weight excluding hydrogens is 176 g/mol. The molecule has 0 bridgehead atoms. The van der Waals surface area contributed by atoms with Gasteiger partial charge in [0, 0.05) is 31.1 Å². The highest BCUT2D eigenvalue weighted by atomic mass is 32.2. The zero-order valence-electron chi connectivity index (χ0n) is 6.80. The number of hydrogen-bond donors (Lipinski definition) is 1. The van der Waals surface area contributed by atoms with Crippen LogP contribution in [-0.2, 0) is 0 Å². The van der Waals surface area contributed by atoms with Crippen molar-refractivity contribution < 1.29 is 0 Å². The molecule has 4 heteroatoms. The summed E-state index contributed by atoms with van der Waals surface area (Å²) >= 11 is 7.18. The molecule has 0 unspecified atom stereocenters. The Morgan fingerprint density at radius 3 is 2.73 bits per heavy atom. The third-order valence-electron chi connectivity index (χ3n) is 1.63. The molecule has 1 N–H and O–H groups in total. The molecule has 1 aliphatic heterocycles. The van der Waals surface area contributed by atoms with E-state index in [1.165, 1.54) is 11.5 Å². The fraction of sp³-hybridized carbons (Fsp3) is 0.857. The molecule has 0 atom stereocenters. The lowest BCUT2D eigenvalue weighted by atomic mass is 10.5. The van der Waals surface area contributed by atoms with Gasteiger partial charge >= 0.3 is 0 Å². The lowest BCUT2D eigenvalue weighted by molar-refractivity contribution is 0.455. The van der Waals surface area contributed by atoms with E-state index >= 15 is 0 Å². The van der Waals surface area contributed by atoms with E-state index in [4.69, 9.17) is 12.2 Å². The second kappa shape index (κ2) is 4.83. The van der Waals surface area contributed by atoms with Gasteiger partial charge in [-0.25, -0.2) is 0 Å². The van der Waals surface area contributed by atoms with Crippen molar-refractivity contribution >= 4 is 29.1 Å². The van der Waals surface area contributed by atoms with Crippen LogP contribution >= 0.6 is 24.0 Å². The predicted molar refractivity (Wildman–Crippen MR) is 55.2 cm³/mol. The topological polar surface area (TPSA) is 15.3 Å². The maximum absolute atomic E-state index is 5.18. The Morgan fingerprint density at radius 2 is 2.18 bits per heavy atom. The van der Waals surface area contributed by atoms with Crippen molar-refractivity contribution in [2.75, 3.05) is 31.1 Å². The first-order chi connectivity index (χ1) is 5.34. The minimum absolute atomic E-state index is 0.924. The van der Waals surface area contributed by atoms with Gasteiger partial charge in [0.15, 0.2) is 5.11 Å². The third kappa shape index (κ3) is 2.87. The number of thiocarbonyl (C=S) groups is 1. The average Bonchev–Trinajstić information content (AvgIpc) is 2.07. The van der Waals surface area contributed by atoms with Gasteiger partial charge in [-0.1, -0.05) is 0 Å². The molecule has 0 aromatic rings. The standard InChI is InChI=1S/C7H14N2S2/c1-2-8-7(10)9-3-5-11-6-4-9/h2-6H2,1H3,(H,8,10). The zero-order chi connectivity index (χ0) is 8.10. The molecule has 0 saturated carbocycles. The summed E-state index contributed by atoms with van der Waals surface area (Å²) < 4.78 is 0. The molecule has 11 heavy (non-hydrogen) atoms. The maximum atomic E-state index is 5.18. The summed E-state index contributed by atoms with van der Waals surface area (Å²) in [5, 5.41) is 4.09. The fourth-order valence-corrected chi connectivity index (χ4v) is 2.26. The highest BCUT2D eigenvalue weighted by molar-refractivity contribution is 7.99. The number of nitrogens with zero attached hydrogens (tertiary/aromatic N) is 1. The van der Waals surface area contributed by atoms with Gasteiger partial charge in [-0.15, -0.1) is 0 Å². The first kappa shape index (κ1) is 9.13. The van der Waals surface area contributed by atoms with Crippen LogP contribution in [0.1, 0.15) is 6.92 Å². The summed E-state index contributed by atoms with van der Waals surface area (Å²) in [4.78, 5) is 2.25. The summed E-state index contributed by atoms with van der Waals surface area (Å²) in [5.74, 6) is 2.43. The number of rotatable bonds is 1. The smallest absolute Gasteiger partial charge is 0.168 e. The van der Waals surface area contributed by atoms with Crippen LogP contribution in [0.25, 0.3) is 0 Å². The average molecular weight is 190 g/mol. The summed E-state index contributed by atoms with van der Waals surface area (Å²) in [6.07, 6.45) is 0. The quantitative estimate of drug-likeness (QED) is 0.618. The Bertz CT molecular complexity index is 132. The van der Waals surface area contributed by atoms with Crippen molar-refractivity contribution in [3.05, 3.63) is 0 Å². The van der Waals surface area contributed by atoms with Crippen LogP contribution in [0, 0.1) is 0 Å². The van der Waals surface area contributed by atoms with Gasteiger partial charge in [-0.05, 0) is 19.1 Å². The fourth-order valence-electron chi connectivity index (χ4n) is 1.03. The summed E-state index contributed by atoms with van der Waals surface area (Å²) in [5.41, 5.74) is 0. The molecule has 64 valence electrons. The van der Waals surface area contributed by atoms with Crippen molar-refractivity contribution in [3.63, 3.8) is 0 Å². The molecule has 2 nitrogen and oxygen atoms in total. The van der Waals surface area contributed by atoms with Gasteiger partial charge in [0.05, 0.1) is 0 Å². The lowest BCUT2D eigenvalue weighted by Gasteiger charge is -2.28. The van der Waals surface area contributed by atoms with Gasteiger partial charge in [0.2, 0.25) is 0 Å². The molecule has 0 aromatic carbocycles. The summed E-state index contributed by atoms with van der Waals surface area (Å²) in [6, 6.07) is 0. The van der Waals surface area contributed by atoms with Crippen molar-refractivity contribution in [1.29, 1.82) is 0 Å². The molecule has 0 aliphatic carbocycles. The first-order valence-electron chi connectivity index (χ1n) is 3.95. The number of thioether (sulfide) groups is 1. The van der Waals surface area contributed by atoms with Crippen LogP contribution in [-0.4, -0.2) is 41.2 Å². The Morgan fingerprint density at radius 1 is 1.55 bits per heavy atom. The van der Waals surface area contributed by atoms with E-state index in [2.05, 4.69) is 17.1 Å². The van der Waals surface area contributed by atoms with Crippen molar-refractivity contribution in [2.45, 2.75) is 6.92 Å². The van der Waals surface area contributed by atoms with Gasteiger partial charge in [-0.3, -0.25) is 0 Å². The van der Waals surface area contributed by atoms with E-state index in [9.17, 15) is 0 Å². The molecule has 1 saturated heterocycles. The second-order valence-corrected chi connectivity index (χ2v) is 4.05. The third-order valence-corrected chi connectivity index (χ3v) is 2.97. The highest BCUT2D eigenvalue weighted by Crippen LogP contribution is 2.08. The van der Waals surface area contributed by atoms with E-state index in [1.54, 1.807) is 0 Å². The monoisotopic (exact) mass is 190 g/mol. The summed E-state index contributed by atoms with van der Waals surface area (Å²) in [7, 11) is 0. The van der Waals surface area contributed by atoms with Crippen LogP contribution in [0.5, 0.6) is 0 Å². The van der Waals surface area contributed by atoms with Crippen LogP contribution in [0.3, 0.4) is 0 Å². The Kier molecular flexibility index (Phi) is 4.01. The van der Waals surface area contributed by atoms with Crippen molar-refractivity contribution in [2.24, 2.45) is 0 Å². The lowest BCUT2D eigenvalue weighted by Crippen LogP contribution is -2.43. The van der Waals surface area contributed by atoms with Gasteiger partial charge in [-0.2, -0.15) is 11.8 Å². The van der Waals surface area contributed by atoms with E-state index in [0.29, 0.717) is 0 Å². The van der Waals surface area contributed by atoms with Gasteiger partial charge in [0.1, 0.15) is 0 Å². The van der Waals surface area contributed by atoms with Gasteiger partial charge < -0.3 is 10.2 Å².